The van der Waals surface area contributed by atoms with Crippen molar-refractivity contribution in [1.82, 2.24) is 5.32 Å². The SMILES string of the molecule is Clc1ccc(C2CCCCCC2CNC2CC2)cc1. The zero-order valence-corrected chi connectivity index (χ0v) is 12.3. The van der Waals surface area contributed by atoms with E-state index in [1.807, 2.05) is 12.1 Å². The standard InChI is InChI=1S/C17H24ClN/c18-15-8-6-13(7-9-15)17-5-3-1-2-4-14(17)12-19-16-10-11-16/h6-9,14,16-17,19H,1-5,10-12H2. The van der Waals surface area contributed by atoms with Crippen LogP contribution in [0.3, 0.4) is 0 Å². The summed E-state index contributed by atoms with van der Waals surface area (Å²) in [6, 6.07) is 9.40. The van der Waals surface area contributed by atoms with Gasteiger partial charge in [0.2, 0.25) is 0 Å². The molecule has 0 aromatic heterocycles. The van der Waals surface area contributed by atoms with Gasteiger partial charge >= 0.3 is 0 Å². The van der Waals surface area contributed by atoms with Crippen LogP contribution < -0.4 is 5.32 Å². The van der Waals surface area contributed by atoms with Crippen molar-refractivity contribution in [3.05, 3.63) is 34.9 Å². The van der Waals surface area contributed by atoms with Crippen LogP contribution in [0.1, 0.15) is 56.4 Å². The molecule has 2 fully saturated rings. The number of halogens is 1. The van der Waals surface area contributed by atoms with Crippen molar-refractivity contribution >= 4 is 11.6 Å². The lowest BCUT2D eigenvalue weighted by Crippen LogP contribution is -2.28. The molecule has 0 aliphatic heterocycles. The highest BCUT2D eigenvalue weighted by atomic mass is 35.5. The van der Waals surface area contributed by atoms with Gasteiger partial charge in [0, 0.05) is 11.1 Å². The van der Waals surface area contributed by atoms with Crippen molar-refractivity contribution in [2.24, 2.45) is 5.92 Å². The normalized spacial score (nSPS) is 28.1. The zero-order chi connectivity index (χ0) is 13.1. The third-order valence-electron chi connectivity index (χ3n) is 4.70. The van der Waals surface area contributed by atoms with Crippen molar-refractivity contribution in [1.29, 1.82) is 0 Å². The molecule has 0 bridgehead atoms. The summed E-state index contributed by atoms with van der Waals surface area (Å²) in [6.45, 7) is 1.21. The molecule has 0 amide bonds. The molecule has 2 aliphatic carbocycles. The summed E-state index contributed by atoms with van der Waals surface area (Å²) in [5.41, 5.74) is 1.49. The number of rotatable bonds is 4. The predicted molar refractivity (Wildman–Crippen MR) is 81.8 cm³/mol. The summed E-state index contributed by atoms with van der Waals surface area (Å²) in [5.74, 6) is 1.54. The van der Waals surface area contributed by atoms with Crippen molar-refractivity contribution in [2.45, 2.75) is 56.9 Å². The summed E-state index contributed by atoms with van der Waals surface area (Å²) in [5, 5.41) is 4.59. The van der Waals surface area contributed by atoms with Crippen LogP contribution in [-0.4, -0.2) is 12.6 Å². The number of hydrogen-bond donors (Lipinski definition) is 1. The van der Waals surface area contributed by atoms with E-state index in [1.165, 1.54) is 57.1 Å². The van der Waals surface area contributed by atoms with E-state index in [0.29, 0.717) is 0 Å². The molecule has 0 heterocycles. The summed E-state index contributed by atoms with van der Waals surface area (Å²) in [6.07, 6.45) is 9.70. The van der Waals surface area contributed by atoms with E-state index < -0.39 is 0 Å². The maximum absolute atomic E-state index is 6.02. The van der Waals surface area contributed by atoms with Crippen molar-refractivity contribution in [2.75, 3.05) is 6.54 Å². The van der Waals surface area contributed by atoms with Gasteiger partial charge in [0.1, 0.15) is 0 Å². The minimum absolute atomic E-state index is 0.728. The Labute approximate surface area is 121 Å². The Morgan fingerprint density at radius 2 is 1.68 bits per heavy atom. The molecule has 2 atom stereocenters. The molecule has 1 N–H and O–H groups in total. The molecule has 2 aliphatic rings. The molecular formula is C17H24ClN. The van der Waals surface area contributed by atoms with Crippen LogP contribution in [0.15, 0.2) is 24.3 Å². The third kappa shape index (κ3) is 3.73. The maximum Gasteiger partial charge on any atom is 0.0406 e. The van der Waals surface area contributed by atoms with E-state index in [-0.39, 0.29) is 0 Å². The van der Waals surface area contributed by atoms with Crippen molar-refractivity contribution in [3.8, 4) is 0 Å². The summed E-state index contributed by atoms with van der Waals surface area (Å²) < 4.78 is 0. The topological polar surface area (TPSA) is 12.0 Å². The lowest BCUT2D eigenvalue weighted by atomic mass is 9.82. The Bertz CT molecular complexity index is 396. The Balaban J connectivity index is 1.70. The van der Waals surface area contributed by atoms with E-state index in [0.717, 1.165) is 22.9 Å². The highest BCUT2D eigenvalue weighted by Crippen LogP contribution is 2.37. The van der Waals surface area contributed by atoms with Gasteiger partial charge in [-0.05, 0) is 61.8 Å². The Morgan fingerprint density at radius 1 is 0.947 bits per heavy atom. The molecule has 1 aromatic rings. The van der Waals surface area contributed by atoms with Gasteiger partial charge in [-0.25, -0.2) is 0 Å². The van der Waals surface area contributed by atoms with E-state index in [4.69, 9.17) is 11.6 Å². The van der Waals surface area contributed by atoms with E-state index in [9.17, 15) is 0 Å². The molecule has 1 nitrogen and oxygen atoms in total. The van der Waals surface area contributed by atoms with Crippen LogP contribution in [0, 0.1) is 5.92 Å². The first-order chi connectivity index (χ1) is 9.33. The molecule has 2 saturated carbocycles. The molecule has 0 saturated heterocycles. The lowest BCUT2D eigenvalue weighted by molar-refractivity contribution is 0.374. The van der Waals surface area contributed by atoms with E-state index >= 15 is 0 Å². The minimum atomic E-state index is 0.728. The van der Waals surface area contributed by atoms with Gasteiger partial charge in [-0.15, -0.1) is 0 Å². The minimum Gasteiger partial charge on any atom is -0.314 e. The molecule has 0 spiro atoms. The van der Waals surface area contributed by atoms with Gasteiger partial charge < -0.3 is 5.32 Å². The molecule has 19 heavy (non-hydrogen) atoms. The zero-order valence-electron chi connectivity index (χ0n) is 11.6. The van der Waals surface area contributed by atoms with Gasteiger partial charge in [-0.2, -0.15) is 0 Å². The summed E-state index contributed by atoms with van der Waals surface area (Å²) >= 11 is 6.02. The molecule has 2 unspecified atom stereocenters. The molecule has 2 heteroatoms. The quantitative estimate of drug-likeness (QED) is 0.783. The first-order valence-corrected chi connectivity index (χ1v) is 8.19. The summed E-state index contributed by atoms with van der Waals surface area (Å²) in [7, 11) is 0. The monoisotopic (exact) mass is 277 g/mol. The van der Waals surface area contributed by atoms with Crippen LogP contribution in [0.4, 0.5) is 0 Å². The highest BCUT2D eigenvalue weighted by Gasteiger charge is 2.27. The molecule has 3 rings (SSSR count). The summed E-state index contributed by atoms with van der Waals surface area (Å²) in [4.78, 5) is 0. The van der Waals surface area contributed by atoms with E-state index in [1.54, 1.807) is 0 Å². The van der Waals surface area contributed by atoms with Gasteiger partial charge in [0.25, 0.3) is 0 Å². The van der Waals surface area contributed by atoms with Crippen LogP contribution in [0.25, 0.3) is 0 Å². The average molecular weight is 278 g/mol. The smallest absolute Gasteiger partial charge is 0.0406 e. The van der Waals surface area contributed by atoms with Crippen LogP contribution in [0.5, 0.6) is 0 Å². The van der Waals surface area contributed by atoms with E-state index in [2.05, 4.69) is 17.4 Å². The molecule has 0 radical (unpaired) electrons. The Morgan fingerprint density at radius 3 is 2.42 bits per heavy atom. The van der Waals surface area contributed by atoms with Gasteiger partial charge in [-0.3, -0.25) is 0 Å². The maximum atomic E-state index is 6.02. The fraction of sp³-hybridized carbons (Fsp3) is 0.647. The van der Waals surface area contributed by atoms with Crippen LogP contribution in [0.2, 0.25) is 5.02 Å². The first kappa shape index (κ1) is 13.5. The van der Waals surface area contributed by atoms with Gasteiger partial charge in [0.05, 0.1) is 0 Å². The highest BCUT2D eigenvalue weighted by molar-refractivity contribution is 6.30. The van der Waals surface area contributed by atoms with Crippen molar-refractivity contribution in [3.63, 3.8) is 0 Å². The Hall–Kier alpha value is -0.530. The average Bonchev–Trinajstić information content (AvgIpc) is 3.24. The lowest BCUT2D eigenvalue weighted by Gasteiger charge is -2.26. The number of benzene rings is 1. The predicted octanol–water partition coefficient (Wildman–Crippen LogP) is 4.76. The molecule has 1 aromatic carbocycles. The Kier molecular flexibility index (Phi) is 4.45. The fourth-order valence-electron chi connectivity index (χ4n) is 3.38. The van der Waals surface area contributed by atoms with Crippen LogP contribution >= 0.6 is 11.6 Å². The number of nitrogens with one attached hydrogen (secondary N) is 1. The van der Waals surface area contributed by atoms with Crippen LogP contribution in [-0.2, 0) is 0 Å². The molecular weight excluding hydrogens is 254 g/mol. The number of hydrogen-bond acceptors (Lipinski definition) is 1. The first-order valence-electron chi connectivity index (χ1n) is 7.82. The third-order valence-corrected chi connectivity index (χ3v) is 4.96. The van der Waals surface area contributed by atoms with Crippen molar-refractivity contribution < 1.29 is 0 Å². The van der Waals surface area contributed by atoms with Gasteiger partial charge in [0.15, 0.2) is 0 Å². The second-order valence-electron chi connectivity index (χ2n) is 6.24. The fourth-order valence-corrected chi connectivity index (χ4v) is 3.51. The second-order valence-corrected chi connectivity index (χ2v) is 6.68. The second kappa shape index (κ2) is 6.28. The largest absolute Gasteiger partial charge is 0.314 e. The molecule has 104 valence electrons. The van der Waals surface area contributed by atoms with Gasteiger partial charge in [-0.1, -0.05) is 43.0 Å².